The van der Waals surface area contributed by atoms with Crippen LogP contribution in [0.3, 0.4) is 0 Å². The molecule has 0 saturated heterocycles. The van der Waals surface area contributed by atoms with Gasteiger partial charge in [0.2, 0.25) is 0 Å². The molecule has 1 aliphatic carbocycles. The van der Waals surface area contributed by atoms with Gasteiger partial charge in [-0.3, -0.25) is 4.79 Å². The number of ether oxygens (including phenoxy) is 1. The SMILES string of the molecule is CCCC(N)CC(=O)OCC1CCCCC1. The van der Waals surface area contributed by atoms with E-state index in [1.54, 1.807) is 0 Å². The molecule has 1 unspecified atom stereocenters. The van der Waals surface area contributed by atoms with Gasteiger partial charge in [-0.2, -0.15) is 0 Å². The van der Waals surface area contributed by atoms with E-state index < -0.39 is 0 Å². The van der Waals surface area contributed by atoms with Gasteiger partial charge in [0, 0.05) is 6.04 Å². The highest BCUT2D eigenvalue weighted by molar-refractivity contribution is 5.70. The van der Waals surface area contributed by atoms with E-state index in [2.05, 4.69) is 6.92 Å². The minimum Gasteiger partial charge on any atom is -0.465 e. The van der Waals surface area contributed by atoms with Gasteiger partial charge in [-0.05, 0) is 25.2 Å². The predicted octanol–water partition coefficient (Wildman–Crippen LogP) is 2.63. The van der Waals surface area contributed by atoms with Gasteiger partial charge < -0.3 is 10.5 Å². The van der Waals surface area contributed by atoms with Gasteiger partial charge >= 0.3 is 5.97 Å². The van der Waals surface area contributed by atoms with E-state index in [0.717, 1.165) is 12.8 Å². The van der Waals surface area contributed by atoms with E-state index in [1.807, 2.05) is 0 Å². The van der Waals surface area contributed by atoms with E-state index in [9.17, 15) is 4.79 Å². The first kappa shape index (κ1) is 13.5. The molecule has 0 aromatic rings. The maximum atomic E-state index is 11.5. The molecule has 1 atom stereocenters. The van der Waals surface area contributed by atoms with Crippen LogP contribution in [0, 0.1) is 5.92 Å². The van der Waals surface area contributed by atoms with Crippen LogP contribution in [-0.2, 0) is 9.53 Å². The van der Waals surface area contributed by atoms with Gasteiger partial charge in [0.15, 0.2) is 0 Å². The number of rotatable bonds is 6. The zero-order valence-electron chi connectivity index (χ0n) is 10.4. The van der Waals surface area contributed by atoms with Gasteiger partial charge in [0.25, 0.3) is 0 Å². The standard InChI is InChI=1S/C13H25NO2/c1-2-6-12(14)9-13(15)16-10-11-7-4-3-5-8-11/h11-12H,2-10,14H2,1H3. The Morgan fingerprint density at radius 1 is 1.38 bits per heavy atom. The summed E-state index contributed by atoms with van der Waals surface area (Å²) in [6.45, 7) is 2.69. The van der Waals surface area contributed by atoms with Crippen molar-refractivity contribution in [3.05, 3.63) is 0 Å². The van der Waals surface area contributed by atoms with Crippen molar-refractivity contribution in [2.45, 2.75) is 64.3 Å². The third kappa shape index (κ3) is 5.50. The lowest BCUT2D eigenvalue weighted by Crippen LogP contribution is -2.26. The van der Waals surface area contributed by atoms with Crippen LogP contribution in [0.15, 0.2) is 0 Å². The summed E-state index contributed by atoms with van der Waals surface area (Å²) in [5, 5.41) is 0. The molecule has 0 aromatic heterocycles. The molecule has 2 N–H and O–H groups in total. The quantitative estimate of drug-likeness (QED) is 0.710. The fourth-order valence-corrected chi connectivity index (χ4v) is 2.31. The molecule has 0 amide bonds. The molecule has 0 heterocycles. The molecular weight excluding hydrogens is 202 g/mol. The fourth-order valence-electron chi connectivity index (χ4n) is 2.31. The Balaban J connectivity index is 2.09. The number of carbonyl (C=O) groups excluding carboxylic acids is 1. The van der Waals surface area contributed by atoms with Gasteiger partial charge in [-0.1, -0.05) is 32.6 Å². The summed E-state index contributed by atoms with van der Waals surface area (Å²) < 4.78 is 5.28. The first-order chi connectivity index (χ1) is 7.72. The molecular formula is C13H25NO2. The molecule has 1 rings (SSSR count). The molecule has 0 bridgehead atoms. The van der Waals surface area contributed by atoms with Crippen molar-refractivity contribution < 1.29 is 9.53 Å². The van der Waals surface area contributed by atoms with E-state index in [0.29, 0.717) is 18.9 Å². The lowest BCUT2D eigenvalue weighted by atomic mass is 9.90. The van der Waals surface area contributed by atoms with E-state index in [4.69, 9.17) is 10.5 Å². The van der Waals surface area contributed by atoms with E-state index in [1.165, 1.54) is 32.1 Å². The van der Waals surface area contributed by atoms with Crippen LogP contribution in [0.5, 0.6) is 0 Å². The van der Waals surface area contributed by atoms with Crippen molar-refractivity contribution in [3.8, 4) is 0 Å². The Labute approximate surface area is 98.7 Å². The van der Waals surface area contributed by atoms with Crippen molar-refractivity contribution in [1.29, 1.82) is 0 Å². The normalized spacial score (nSPS) is 19.4. The second-order valence-corrected chi connectivity index (χ2v) is 4.94. The lowest BCUT2D eigenvalue weighted by Gasteiger charge is -2.21. The van der Waals surface area contributed by atoms with Crippen LogP contribution < -0.4 is 5.73 Å². The zero-order valence-corrected chi connectivity index (χ0v) is 10.4. The third-order valence-electron chi connectivity index (χ3n) is 3.29. The summed E-state index contributed by atoms with van der Waals surface area (Å²) in [5.74, 6) is 0.478. The van der Waals surface area contributed by atoms with Crippen molar-refractivity contribution in [3.63, 3.8) is 0 Å². The Kier molecular flexibility index (Phi) is 6.46. The monoisotopic (exact) mass is 227 g/mol. The van der Waals surface area contributed by atoms with Crippen LogP contribution in [-0.4, -0.2) is 18.6 Å². The van der Waals surface area contributed by atoms with Crippen LogP contribution >= 0.6 is 0 Å². The molecule has 94 valence electrons. The Bertz CT molecular complexity index is 200. The van der Waals surface area contributed by atoms with Crippen LogP contribution in [0.25, 0.3) is 0 Å². The molecule has 3 nitrogen and oxygen atoms in total. The molecule has 1 aliphatic rings. The molecule has 1 saturated carbocycles. The Morgan fingerprint density at radius 3 is 2.69 bits per heavy atom. The van der Waals surface area contributed by atoms with Gasteiger partial charge in [0.05, 0.1) is 13.0 Å². The maximum absolute atomic E-state index is 11.5. The largest absolute Gasteiger partial charge is 0.465 e. The summed E-state index contributed by atoms with van der Waals surface area (Å²) >= 11 is 0. The highest BCUT2D eigenvalue weighted by atomic mass is 16.5. The number of nitrogens with two attached hydrogens (primary N) is 1. The molecule has 3 heteroatoms. The van der Waals surface area contributed by atoms with Gasteiger partial charge in [-0.25, -0.2) is 0 Å². The second kappa shape index (κ2) is 7.66. The molecule has 1 fully saturated rings. The average molecular weight is 227 g/mol. The van der Waals surface area contributed by atoms with Crippen molar-refractivity contribution in [2.75, 3.05) is 6.61 Å². The molecule has 0 spiro atoms. The summed E-state index contributed by atoms with van der Waals surface area (Å²) in [7, 11) is 0. The summed E-state index contributed by atoms with van der Waals surface area (Å²) in [6, 6.07) is -0.0242. The predicted molar refractivity (Wildman–Crippen MR) is 65.0 cm³/mol. The molecule has 0 radical (unpaired) electrons. The average Bonchev–Trinajstić information content (AvgIpc) is 2.28. The first-order valence-electron chi connectivity index (χ1n) is 6.63. The number of hydrogen-bond donors (Lipinski definition) is 1. The number of esters is 1. The molecule has 0 aromatic carbocycles. The topological polar surface area (TPSA) is 52.3 Å². The second-order valence-electron chi connectivity index (χ2n) is 4.94. The van der Waals surface area contributed by atoms with Gasteiger partial charge in [0.1, 0.15) is 0 Å². The summed E-state index contributed by atoms with van der Waals surface area (Å²) in [5.41, 5.74) is 5.79. The third-order valence-corrected chi connectivity index (χ3v) is 3.29. The minimum atomic E-state index is -0.119. The highest BCUT2D eigenvalue weighted by Gasteiger charge is 2.16. The van der Waals surface area contributed by atoms with Crippen molar-refractivity contribution in [1.82, 2.24) is 0 Å². The fraction of sp³-hybridized carbons (Fsp3) is 0.923. The van der Waals surface area contributed by atoms with Gasteiger partial charge in [-0.15, -0.1) is 0 Å². The zero-order chi connectivity index (χ0) is 11.8. The van der Waals surface area contributed by atoms with Crippen molar-refractivity contribution in [2.24, 2.45) is 11.7 Å². The lowest BCUT2D eigenvalue weighted by molar-refractivity contribution is -0.145. The van der Waals surface area contributed by atoms with E-state index in [-0.39, 0.29) is 12.0 Å². The highest BCUT2D eigenvalue weighted by Crippen LogP contribution is 2.23. The van der Waals surface area contributed by atoms with Crippen LogP contribution in [0.2, 0.25) is 0 Å². The van der Waals surface area contributed by atoms with Crippen molar-refractivity contribution >= 4 is 5.97 Å². The molecule has 16 heavy (non-hydrogen) atoms. The Hall–Kier alpha value is -0.570. The number of carbonyl (C=O) groups is 1. The Morgan fingerprint density at radius 2 is 2.06 bits per heavy atom. The smallest absolute Gasteiger partial charge is 0.307 e. The molecule has 0 aliphatic heterocycles. The maximum Gasteiger partial charge on any atom is 0.307 e. The minimum absolute atomic E-state index is 0.0242. The van der Waals surface area contributed by atoms with Crippen LogP contribution in [0.1, 0.15) is 58.3 Å². The summed E-state index contributed by atoms with van der Waals surface area (Å²) in [6.07, 6.45) is 8.65. The van der Waals surface area contributed by atoms with Crippen LogP contribution in [0.4, 0.5) is 0 Å². The summed E-state index contributed by atoms with van der Waals surface area (Å²) in [4.78, 5) is 11.5. The first-order valence-corrected chi connectivity index (χ1v) is 6.63. The number of hydrogen-bond acceptors (Lipinski definition) is 3. The van der Waals surface area contributed by atoms with E-state index >= 15 is 0 Å².